The third-order valence-electron chi connectivity index (χ3n) is 1.84. The molecule has 0 heterocycles. The maximum absolute atomic E-state index is 12.9. The van der Waals surface area contributed by atoms with Crippen molar-refractivity contribution in [3.8, 4) is 0 Å². The molecule has 0 saturated heterocycles. The third kappa shape index (κ3) is 3.51. The molecule has 15 heavy (non-hydrogen) atoms. The molecule has 2 N–H and O–H groups in total. The molecule has 0 aliphatic heterocycles. The van der Waals surface area contributed by atoms with Crippen LogP contribution in [0.4, 0.5) is 4.39 Å². The van der Waals surface area contributed by atoms with Crippen molar-refractivity contribution in [2.45, 2.75) is 13.8 Å². The summed E-state index contributed by atoms with van der Waals surface area (Å²) in [4.78, 5) is 4.18. The second-order valence-electron chi connectivity index (χ2n) is 3.75. The van der Waals surface area contributed by atoms with Gasteiger partial charge in [-0.1, -0.05) is 25.4 Å². The molecule has 0 bridgehead atoms. The lowest BCUT2D eigenvalue weighted by atomic mass is 10.2. The van der Waals surface area contributed by atoms with Gasteiger partial charge in [-0.2, -0.15) is 0 Å². The number of halogens is 2. The molecule has 82 valence electrons. The van der Waals surface area contributed by atoms with Gasteiger partial charge in [-0.05, 0) is 24.1 Å². The maximum Gasteiger partial charge on any atom is 0.141 e. The molecule has 1 rings (SSSR count). The van der Waals surface area contributed by atoms with Crippen LogP contribution in [0.2, 0.25) is 5.02 Å². The molecule has 0 atom stereocenters. The largest absolute Gasteiger partial charge is 0.384 e. The van der Waals surface area contributed by atoms with Crippen molar-refractivity contribution in [1.82, 2.24) is 0 Å². The van der Waals surface area contributed by atoms with Gasteiger partial charge in [0.1, 0.15) is 11.7 Å². The first-order valence-electron chi connectivity index (χ1n) is 4.76. The van der Waals surface area contributed by atoms with Gasteiger partial charge < -0.3 is 5.73 Å². The van der Waals surface area contributed by atoms with E-state index in [1.54, 1.807) is 6.07 Å². The summed E-state index contributed by atoms with van der Waals surface area (Å²) in [6.07, 6.45) is 0. The number of aliphatic imine (C=N–C) groups is 1. The van der Waals surface area contributed by atoms with Gasteiger partial charge in [0.25, 0.3) is 0 Å². The smallest absolute Gasteiger partial charge is 0.141 e. The fourth-order valence-electron chi connectivity index (χ4n) is 1.03. The van der Waals surface area contributed by atoms with E-state index in [9.17, 15) is 4.39 Å². The molecule has 0 aromatic heterocycles. The highest BCUT2D eigenvalue weighted by molar-refractivity contribution is 6.31. The van der Waals surface area contributed by atoms with Gasteiger partial charge >= 0.3 is 0 Å². The number of hydrogen-bond acceptors (Lipinski definition) is 1. The van der Waals surface area contributed by atoms with Crippen molar-refractivity contribution in [3.63, 3.8) is 0 Å². The van der Waals surface area contributed by atoms with Crippen LogP contribution in [0, 0.1) is 11.7 Å². The highest BCUT2D eigenvalue weighted by atomic mass is 35.5. The van der Waals surface area contributed by atoms with E-state index in [-0.39, 0.29) is 5.02 Å². The van der Waals surface area contributed by atoms with E-state index in [4.69, 9.17) is 17.3 Å². The van der Waals surface area contributed by atoms with Crippen molar-refractivity contribution in [2.75, 3.05) is 6.54 Å². The van der Waals surface area contributed by atoms with Crippen LogP contribution in [0.3, 0.4) is 0 Å². The minimum Gasteiger partial charge on any atom is -0.384 e. The van der Waals surface area contributed by atoms with Crippen molar-refractivity contribution < 1.29 is 4.39 Å². The Labute approximate surface area is 94.0 Å². The molecule has 0 unspecified atom stereocenters. The van der Waals surface area contributed by atoms with Crippen LogP contribution >= 0.6 is 11.6 Å². The normalized spacial score (nSPS) is 12.2. The second kappa shape index (κ2) is 5.12. The topological polar surface area (TPSA) is 38.4 Å². The summed E-state index contributed by atoms with van der Waals surface area (Å²) in [5.41, 5.74) is 6.39. The summed E-state index contributed by atoms with van der Waals surface area (Å²) < 4.78 is 12.9. The lowest BCUT2D eigenvalue weighted by Gasteiger charge is -2.04. The number of nitrogens with zero attached hydrogens (tertiary/aromatic N) is 1. The molecule has 4 heteroatoms. The van der Waals surface area contributed by atoms with Crippen molar-refractivity contribution >= 4 is 17.4 Å². The van der Waals surface area contributed by atoms with E-state index in [1.165, 1.54) is 12.1 Å². The number of benzene rings is 1. The zero-order valence-corrected chi connectivity index (χ0v) is 9.55. The lowest BCUT2D eigenvalue weighted by Crippen LogP contribution is -2.15. The van der Waals surface area contributed by atoms with E-state index >= 15 is 0 Å². The Hall–Kier alpha value is -1.09. The van der Waals surface area contributed by atoms with Gasteiger partial charge in [-0.3, -0.25) is 4.99 Å². The first-order chi connectivity index (χ1) is 7.00. The Kier molecular flexibility index (Phi) is 4.09. The van der Waals surface area contributed by atoms with Gasteiger partial charge in [-0.15, -0.1) is 0 Å². The van der Waals surface area contributed by atoms with Crippen molar-refractivity contribution in [1.29, 1.82) is 0 Å². The molecule has 0 spiro atoms. The Morgan fingerprint density at radius 2 is 2.20 bits per heavy atom. The molecule has 0 saturated carbocycles. The Morgan fingerprint density at radius 1 is 1.53 bits per heavy atom. The lowest BCUT2D eigenvalue weighted by molar-refractivity contribution is 0.628. The van der Waals surface area contributed by atoms with Crippen LogP contribution in [0.15, 0.2) is 23.2 Å². The number of hydrogen-bond donors (Lipinski definition) is 1. The summed E-state index contributed by atoms with van der Waals surface area (Å²) >= 11 is 5.64. The molecular formula is C11H14ClFN2. The van der Waals surface area contributed by atoms with Crippen LogP contribution in [-0.4, -0.2) is 12.4 Å². The monoisotopic (exact) mass is 228 g/mol. The molecule has 1 aromatic carbocycles. The second-order valence-corrected chi connectivity index (χ2v) is 4.16. The van der Waals surface area contributed by atoms with Gasteiger partial charge in [0, 0.05) is 12.1 Å². The Morgan fingerprint density at radius 3 is 2.73 bits per heavy atom. The summed E-state index contributed by atoms with van der Waals surface area (Å²) in [6, 6.07) is 4.34. The highest BCUT2D eigenvalue weighted by Crippen LogP contribution is 2.15. The summed E-state index contributed by atoms with van der Waals surface area (Å²) in [6.45, 7) is 4.75. The minimum absolute atomic E-state index is 0.0650. The molecule has 0 aliphatic carbocycles. The predicted molar refractivity (Wildman–Crippen MR) is 61.8 cm³/mol. The van der Waals surface area contributed by atoms with E-state index in [2.05, 4.69) is 18.8 Å². The number of amidine groups is 1. The third-order valence-corrected chi connectivity index (χ3v) is 2.13. The van der Waals surface area contributed by atoms with Gasteiger partial charge in [0.05, 0.1) is 5.02 Å². The molecular weight excluding hydrogens is 215 g/mol. The molecule has 0 aliphatic rings. The highest BCUT2D eigenvalue weighted by Gasteiger charge is 2.03. The van der Waals surface area contributed by atoms with Gasteiger partial charge in [0.2, 0.25) is 0 Å². The fourth-order valence-corrected chi connectivity index (χ4v) is 1.21. The average molecular weight is 229 g/mol. The standard InChI is InChI=1S/C11H14ClFN2/c1-7(2)6-15-11(14)8-3-4-10(13)9(12)5-8/h3-5,7H,6H2,1-2H3,(H2,14,15). The molecule has 0 amide bonds. The summed E-state index contributed by atoms with van der Waals surface area (Å²) in [7, 11) is 0. The average Bonchev–Trinajstić information content (AvgIpc) is 2.18. The minimum atomic E-state index is -0.447. The molecule has 2 nitrogen and oxygen atoms in total. The van der Waals surface area contributed by atoms with Crippen LogP contribution in [0.1, 0.15) is 19.4 Å². The first-order valence-corrected chi connectivity index (χ1v) is 5.14. The zero-order chi connectivity index (χ0) is 11.4. The number of nitrogens with two attached hydrogens (primary N) is 1. The van der Waals surface area contributed by atoms with Crippen molar-refractivity contribution in [2.24, 2.45) is 16.6 Å². The quantitative estimate of drug-likeness (QED) is 0.627. The van der Waals surface area contributed by atoms with Crippen molar-refractivity contribution in [3.05, 3.63) is 34.6 Å². The molecule has 0 radical (unpaired) electrons. The maximum atomic E-state index is 12.9. The van der Waals surface area contributed by atoms with Crippen LogP contribution in [0.5, 0.6) is 0 Å². The Bertz CT molecular complexity index is 375. The molecule has 1 aromatic rings. The van der Waals surface area contributed by atoms with Gasteiger partial charge in [-0.25, -0.2) is 4.39 Å². The van der Waals surface area contributed by atoms with E-state index in [0.717, 1.165) is 0 Å². The Balaban J connectivity index is 2.87. The van der Waals surface area contributed by atoms with Gasteiger partial charge in [0.15, 0.2) is 0 Å². The first kappa shape index (κ1) is 12.0. The van der Waals surface area contributed by atoms with E-state index < -0.39 is 5.82 Å². The predicted octanol–water partition coefficient (Wildman–Crippen LogP) is 2.84. The fraction of sp³-hybridized carbons (Fsp3) is 0.364. The SMILES string of the molecule is CC(C)CN=C(N)c1ccc(F)c(Cl)c1. The zero-order valence-electron chi connectivity index (χ0n) is 8.80. The van der Waals surface area contributed by atoms with E-state index in [0.29, 0.717) is 23.9 Å². The van der Waals surface area contributed by atoms with Crippen LogP contribution in [-0.2, 0) is 0 Å². The van der Waals surface area contributed by atoms with Crippen LogP contribution < -0.4 is 5.73 Å². The van der Waals surface area contributed by atoms with E-state index in [1.807, 2.05) is 0 Å². The molecule has 0 fully saturated rings. The summed E-state index contributed by atoms with van der Waals surface area (Å²) in [5, 5.41) is 0.0650. The number of rotatable bonds is 3. The summed E-state index contributed by atoms with van der Waals surface area (Å²) in [5.74, 6) is 0.391. The van der Waals surface area contributed by atoms with Crippen LogP contribution in [0.25, 0.3) is 0 Å².